The normalized spacial score (nSPS) is 27.1. The number of carbonyl (C=O) groups is 1. The van der Waals surface area contributed by atoms with Gasteiger partial charge in [-0.05, 0) is 43.6 Å². The highest BCUT2D eigenvalue weighted by Crippen LogP contribution is 2.34. The van der Waals surface area contributed by atoms with Crippen molar-refractivity contribution >= 4 is 5.97 Å². The third-order valence-corrected chi connectivity index (χ3v) is 6.34. The van der Waals surface area contributed by atoms with Crippen LogP contribution in [0.5, 0.6) is 5.75 Å². The van der Waals surface area contributed by atoms with Crippen molar-refractivity contribution in [2.75, 3.05) is 32.8 Å². The van der Waals surface area contributed by atoms with Gasteiger partial charge < -0.3 is 9.84 Å². The van der Waals surface area contributed by atoms with Gasteiger partial charge in [-0.3, -0.25) is 9.80 Å². The molecule has 1 N–H and O–H groups in total. The first kappa shape index (κ1) is 17.8. The smallest absolute Gasteiger partial charge is 0.341 e. The maximum absolute atomic E-state index is 10.8. The Hall–Kier alpha value is -1.59. The van der Waals surface area contributed by atoms with Crippen molar-refractivity contribution in [1.82, 2.24) is 9.80 Å². The van der Waals surface area contributed by atoms with Gasteiger partial charge in [-0.1, -0.05) is 24.6 Å². The first-order chi connectivity index (χ1) is 12.7. The highest BCUT2D eigenvalue weighted by Gasteiger charge is 2.36. The number of piperidine rings is 1. The van der Waals surface area contributed by atoms with Gasteiger partial charge in [0.1, 0.15) is 5.75 Å². The predicted molar refractivity (Wildman–Crippen MR) is 100 cm³/mol. The van der Waals surface area contributed by atoms with Crippen molar-refractivity contribution in [3.05, 3.63) is 29.8 Å². The number of benzene rings is 1. The van der Waals surface area contributed by atoms with Crippen molar-refractivity contribution in [3.63, 3.8) is 0 Å². The number of aliphatic carboxylic acids is 1. The Balaban J connectivity index is 1.40. The van der Waals surface area contributed by atoms with Crippen molar-refractivity contribution in [3.8, 4) is 5.75 Å². The van der Waals surface area contributed by atoms with Crippen LogP contribution in [0.2, 0.25) is 0 Å². The van der Waals surface area contributed by atoms with Crippen LogP contribution in [0, 0.1) is 11.8 Å². The van der Waals surface area contributed by atoms with E-state index < -0.39 is 5.97 Å². The third-order valence-electron chi connectivity index (χ3n) is 6.34. The molecule has 2 atom stereocenters. The Bertz CT molecular complexity index is 631. The van der Waals surface area contributed by atoms with Gasteiger partial charge in [0.25, 0.3) is 0 Å². The molecule has 0 amide bonds. The lowest BCUT2D eigenvalue weighted by Crippen LogP contribution is -2.46. The van der Waals surface area contributed by atoms with Crippen molar-refractivity contribution in [2.45, 2.75) is 44.7 Å². The van der Waals surface area contributed by atoms with Crippen LogP contribution in [-0.2, 0) is 11.3 Å². The Labute approximate surface area is 155 Å². The van der Waals surface area contributed by atoms with Gasteiger partial charge in [-0.15, -0.1) is 0 Å². The molecule has 1 saturated carbocycles. The molecule has 5 heteroatoms. The van der Waals surface area contributed by atoms with Gasteiger partial charge in [-0.25, -0.2) is 4.79 Å². The van der Waals surface area contributed by atoms with Crippen molar-refractivity contribution in [2.24, 2.45) is 11.8 Å². The van der Waals surface area contributed by atoms with Crippen LogP contribution < -0.4 is 4.74 Å². The summed E-state index contributed by atoms with van der Waals surface area (Å²) in [5.41, 5.74) is 1.10. The lowest BCUT2D eigenvalue weighted by Gasteiger charge is -2.40. The molecular weight excluding hydrogens is 328 g/mol. The summed E-state index contributed by atoms with van der Waals surface area (Å²) >= 11 is 0. The fourth-order valence-corrected chi connectivity index (χ4v) is 4.79. The zero-order chi connectivity index (χ0) is 17.9. The Morgan fingerprint density at radius 3 is 2.73 bits per heavy atom. The van der Waals surface area contributed by atoms with E-state index in [1.165, 1.54) is 45.2 Å². The minimum atomic E-state index is -0.931. The molecule has 0 aromatic heterocycles. The first-order valence-electron chi connectivity index (χ1n) is 10.1. The maximum atomic E-state index is 10.8. The summed E-state index contributed by atoms with van der Waals surface area (Å²) in [6.45, 7) is 5.39. The zero-order valence-corrected chi connectivity index (χ0v) is 15.5. The molecule has 5 nitrogen and oxygen atoms in total. The molecule has 0 unspecified atom stereocenters. The van der Waals surface area contributed by atoms with Crippen LogP contribution in [0.3, 0.4) is 0 Å². The van der Waals surface area contributed by atoms with Crippen LogP contribution in [0.4, 0.5) is 0 Å². The number of carboxylic acids is 1. The molecule has 1 aromatic carbocycles. The fraction of sp³-hybridized carbons (Fsp3) is 0.667. The van der Waals surface area contributed by atoms with E-state index in [0.717, 1.165) is 37.0 Å². The minimum absolute atomic E-state index is 0.280. The third kappa shape index (κ3) is 4.21. The van der Waals surface area contributed by atoms with Gasteiger partial charge >= 0.3 is 5.97 Å². The molecule has 26 heavy (non-hydrogen) atoms. The monoisotopic (exact) mass is 358 g/mol. The molecule has 1 aromatic rings. The van der Waals surface area contributed by atoms with E-state index in [0.29, 0.717) is 11.8 Å². The van der Waals surface area contributed by atoms with E-state index in [9.17, 15) is 4.79 Å². The van der Waals surface area contributed by atoms with Crippen LogP contribution in [0.15, 0.2) is 24.3 Å². The lowest BCUT2D eigenvalue weighted by molar-refractivity contribution is -0.139. The van der Waals surface area contributed by atoms with Gasteiger partial charge in [-0.2, -0.15) is 0 Å². The van der Waals surface area contributed by atoms with Crippen LogP contribution in [-0.4, -0.2) is 59.7 Å². The van der Waals surface area contributed by atoms with E-state index in [-0.39, 0.29) is 6.61 Å². The van der Waals surface area contributed by atoms with Gasteiger partial charge in [0, 0.05) is 44.3 Å². The van der Waals surface area contributed by atoms with E-state index in [1.54, 1.807) is 0 Å². The van der Waals surface area contributed by atoms with Crippen LogP contribution in [0.25, 0.3) is 0 Å². The number of hydrogen-bond acceptors (Lipinski definition) is 4. The number of fused-ring (bicyclic) bond motifs is 4. The Kier molecular flexibility index (Phi) is 5.46. The number of nitrogens with zero attached hydrogens (tertiary/aromatic N) is 2. The van der Waals surface area contributed by atoms with E-state index in [4.69, 9.17) is 9.84 Å². The molecule has 142 valence electrons. The SMILES string of the molecule is O=C(O)COc1ccccc1CN1C[C@@H]2CC[C@H](C1)N(CC1CCC1)C2. The molecule has 0 radical (unpaired) electrons. The maximum Gasteiger partial charge on any atom is 0.341 e. The molecule has 4 fully saturated rings. The number of hydrogen-bond donors (Lipinski definition) is 1. The standard InChI is InChI=1S/C21H30N2O3/c24-21(25)15-26-20-7-2-1-6-18(20)13-22-10-17-8-9-19(14-22)23(12-17)11-16-4-3-5-16/h1-2,6-7,16-17,19H,3-5,8-15H2,(H,24,25)/t17-,19+/m0/s1. The molecule has 3 heterocycles. The summed E-state index contributed by atoms with van der Waals surface area (Å²) in [5, 5.41) is 8.89. The molecule has 5 rings (SSSR count). The first-order valence-corrected chi connectivity index (χ1v) is 10.1. The Morgan fingerprint density at radius 1 is 1.12 bits per heavy atom. The summed E-state index contributed by atoms with van der Waals surface area (Å²) in [4.78, 5) is 16.2. The van der Waals surface area contributed by atoms with E-state index >= 15 is 0 Å². The second kappa shape index (κ2) is 7.97. The zero-order valence-electron chi connectivity index (χ0n) is 15.5. The number of carboxylic acid groups (broad SMARTS) is 1. The molecule has 0 spiro atoms. The van der Waals surface area contributed by atoms with Gasteiger partial charge in [0.2, 0.25) is 0 Å². The molecule has 1 aliphatic carbocycles. The summed E-state index contributed by atoms with van der Waals surface area (Å²) < 4.78 is 5.50. The van der Waals surface area contributed by atoms with Gasteiger partial charge in [0.15, 0.2) is 6.61 Å². The average molecular weight is 358 g/mol. The largest absolute Gasteiger partial charge is 0.482 e. The van der Waals surface area contributed by atoms with Crippen LogP contribution >= 0.6 is 0 Å². The van der Waals surface area contributed by atoms with E-state index in [1.807, 2.05) is 18.2 Å². The number of ether oxygens (including phenoxy) is 1. The summed E-state index contributed by atoms with van der Waals surface area (Å²) in [6, 6.07) is 8.55. The predicted octanol–water partition coefficient (Wildman–Crippen LogP) is 2.85. The second-order valence-electron chi connectivity index (χ2n) is 8.33. The Morgan fingerprint density at radius 2 is 1.96 bits per heavy atom. The summed E-state index contributed by atoms with van der Waals surface area (Å²) in [7, 11) is 0. The lowest BCUT2D eigenvalue weighted by atomic mass is 9.83. The summed E-state index contributed by atoms with van der Waals surface area (Å²) in [6.07, 6.45) is 6.94. The highest BCUT2D eigenvalue weighted by molar-refractivity contribution is 5.68. The average Bonchev–Trinajstić information content (AvgIpc) is 2.88. The van der Waals surface area contributed by atoms with Crippen LogP contribution in [0.1, 0.15) is 37.7 Å². The van der Waals surface area contributed by atoms with Crippen molar-refractivity contribution < 1.29 is 14.6 Å². The molecular formula is C21H30N2O3. The fourth-order valence-electron chi connectivity index (χ4n) is 4.79. The number of rotatable bonds is 7. The quantitative estimate of drug-likeness (QED) is 0.812. The molecule has 3 aliphatic heterocycles. The second-order valence-corrected chi connectivity index (χ2v) is 8.33. The number of para-hydroxylation sites is 1. The van der Waals surface area contributed by atoms with Crippen molar-refractivity contribution in [1.29, 1.82) is 0 Å². The van der Waals surface area contributed by atoms with Gasteiger partial charge in [0.05, 0.1) is 0 Å². The highest BCUT2D eigenvalue weighted by atomic mass is 16.5. The molecule has 4 aliphatic rings. The minimum Gasteiger partial charge on any atom is -0.482 e. The summed E-state index contributed by atoms with van der Waals surface area (Å²) in [5.74, 6) is 1.48. The molecule has 2 bridgehead atoms. The molecule has 3 saturated heterocycles. The topological polar surface area (TPSA) is 53.0 Å². The van der Waals surface area contributed by atoms with E-state index in [2.05, 4.69) is 15.9 Å².